The van der Waals surface area contributed by atoms with E-state index in [1.807, 2.05) is 24.3 Å². The van der Waals surface area contributed by atoms with Crippen LogP contribution in [0.3, 0.4) is 0 Å². The standard InChI is InChI=1S/C20H19F3N4O2/c1-29-17-8-2-14(3-9-17)12-25-10-11-26-18(13-25)24-27(19(26)28)16-6-4-15(5-7-16)20(21,22)23/h2-9H,10-13H2,1H3. The molecule has 0 N–H and O–H groups in total. The van der Waals surface area contributed by atoms with Crippen LogP contribution >= 0.6 is 0 Å². The Balaban J connectivity index is 1.53. The maximum absolute atomic E-state index is 12.8. The molecule has 0 fully saturated rings. The molecule has 0 amide bonds. The molecule has 2 aromatic carbocycles. The van der Waals surface area contributed by atoms with Gasteiger partial charge in [-0.2, -0.15) is 17.9 Å². The number of aromatic nitrogens is 3. The fraction of sp³-hybridized carbons (Fsp3) is 0.300. The minimum absolute atomic E-state index is 0.312. The van der Waals surface area contributed by atoms with Crippen LogP contribution in [0, 0.1) is 0 Å². The second-order valence-corrected chi connectivity index (χ2v) is 6.87. The van der Waals surface area contributed by atoms with Crippen LogP contribution in [0.4, 0.5) is 13.2 Å². The molecule has 6 nitrogen and oxygen atoms in total. The maximum atomic E-state index is 12.8. The number of nitrogens with zero attached hydrogens (tertiary/aromatic N) is 4. The molecule has 2 heterocycles. The van der Waals surface area contributed by atoms with E-state index in [2.05, 4.69) is 10.00 Å². The van der Waals surface area contributed by atoms with Gasteiger partial charge in [0.25, 0.3) is 0 Å². The van der Waals surface area contributed by atoms with Gasteiger partial charge in [-0.3, -0.25) is 9.47 Å². The van der Waals surface area contributed by atoms with Crippen LogP contribution in [0.2, 0.25) is 0 Å². The number of halogens is 3. The molecule has 0 radical (unpaired) electrons. The molecule has 29 heavy (non-hydrogen) atoms. The van der Waals surface area contributed by atoms with Gasteiger partial charge in [0, 0.05) is 19.6 Å². The van der Waals surface area contributed by atoms with E-state index >= 15 is 0 Å². The van der Waals surface area contributed by atoms with Crippen molar-refractivity contribution >= 4 is 0 Å². The molecule has 1 aromatic heterocycles. The molecule has 0 aliphatic carbocycles. The fourth-order valence-electron chi connectivity index (χ4n) is 3.38. The predicted octanol–water partition coefficient (Wildman–Crippen LogP) is 3.08. The molecule has 0 bridgehead atoms. The van der Waals surface area contributed by atoms with Crippen molar-refractivity contribution in [3.63, 3.8) is 0 Å². The van der Waals surface area contributed by atoms with E-state index in [-0.39, 0.29) is 5.69 Å². The van der Waals surface area contributed by atoms with Gasteiger partial charge in [0.2, 0.25) is 0 Å². The summed E-state index contributed by atoms with van der Waals surface area (Å²) in [6.45, 7) is 2.34. The van der Waals surface area contributed by atoms with Crippen molar-refractivity contribution in [2.24, 2.45) is 0 Å². The van der Waals surface area contributed by atoms with Crippen molar-refractivity contribution in [2.75, 3.05) is 13.7 Å². The Labute approximate surface area is 164 Å². The number of fused-ring (bicyclic) bond motifs is 1. The molecule has 1 aliphatic rings. The Hall–Kier alpha value is -3.07. The molecule has 0 saturated heterocycles. The fourth-order valence-corrected chi connectivity index (χ4v) is 3.38. The lowest BCUT2D eigenvalue weighted by molar-refractivity contribution is -0.137. The van der Waals surface area contributed by atoms with Gasteiger partial charge in [0.1, 0.15) is 11.6 Å². The SMILES string of the molecule is COc1ccc(CN2CCn3c(nn(-c4ccc(C(F)(F)F)cc4)c3=O)C2)cc1. The molecule has 0 spiro atoms. The van der Waals surface area contributed by atoms with E-state index in [0.29, 0.717) is 37.7 Å². The van der Waals surface area contributed by atoms with Crippen LogP contribution in [0.25, 0.3) is 5.69 Å². The number of methoxy groups -OCH3 is 1. The van der Waals surface area contributed by atoms with E-state index in [1.165, 1.54) is 12.1 Å². The van der Waals surface area contributed by atoms with Crippen LogP contribution in [-0.2, 0) is 25.8 Å². The molecule has 4 rings (SSSR count). The first kappa shape index (κ1) is 19.3. The lowest BCUT2D eigenvalue weighted by Crippen LogP contribution is -2.37. The minimum atomic E-state index is -4.42. The van der Waals surface area contributed by atoms with Gasteiger partial charge < -0.3 is 4.74 Å². The molecule has 0 atom stereocenters. The van der Waals surface area contributed by atoms with Crippen molar-refractivity contribution in [1.82, 2.24) is 19.2 Å². The lowest BCUT2D eigenvalue weighted by atomic mass is 10.2. The first-order valence-electron chi connectivity index (χ1n) is 9.07. The first-order valence-corrected chi connectivity index (χ1v) is 9.07. The number of hydrogen-bond donors (Lipinski definition) is 0. The zero-order valence-corrected chi connectivity index (χ0v) is 15.7. The number of rotatable bonds is 4. The third-order valence-electron chi connectivity index (χ3n) is 4.95. The molecule has 0 unspecified atom stereocenters. The smallest absolute Gasteiger partial charge is 0.416 e. The topological polar surface area (TPSA) is 52.3 Å². The summed E-state index contributed by atoms with van der Waals surface area (Å²) in [5, 5.41) is 4.36. The predicted molar refractivity (Wildman–Crippen MR) is 99.9 cm³/mol. The van der Waals surface area contributed by atoms with Crippen LogP contribution in [0.15, 0.2) is 53.3 Å². The van der Waals surface area contributed by atoms with Gasteiger partial charge in [-0.1, -0.05) is 12.1 Å². The van der Waals surface area contributed by atoms with E-state index in [1.54, 1.807) is 11.7 Å². The highest BCUT2D eigenvalue weighted by Gasteiger charge is 2.30. The molecule has 0 saturated carbocycles. The Morgan fingerprint density at radius 2 is 1.72 bits per heavy atom. The summed E-state index contributed by atoms with van der Waals surface area (Å²) in [4.78, 5) is 14.8. The molecule has 3 aromatic rings. The number of hydrogen-bond acceptors (Lipinski definition) is 4. The molecule has 1 aliphatic heterocycles. The van der Waals surface area contributed by atoms with Crippen LogP contribution in [-0.4, -0.2) is 32.9 Å². The summed E-state index contributed by atoms with van der Waals surface area (Å²) in [5.41, 5.74) is 0.322. The summed E-state index contributed by atoms with van der Waals surface area (Å²) in [7, 11) is 1.62. The van der Waals surface area contributed by atoms with Gasteiger partial charge in [-0.05, 0) is 42.0 Å². The molecule has 152 valence electrons. The van der Waals surface area contributed by atoms with Gasteiger partial charge in [-0.15, -0.1) is 5.10 Å². The summed E-state index contributed by atoms with van der Waals surface area (Å²) < 4.78 is 46.1. The third kappa shape index (κ3) is 3.91. The summed E-state index contributed by atoms with van der Waals surface area (Å²) in [5.74, 6) is 1.38. The Morgan fingerprint density at radius 3 is 2.34 bits per heavy atom. The van der Waals surface area contributed by atoms with Crippen LogP contribution in [0.5, 0.6) is 5.75 Å². The monoisotopic (exact) mass is 404 g/mol. The van der Waals surface area contributed by atoms with Crippen LogP contribution in [0.1, 0.15) is 17.0 Å². The number of ether oxygens (including phenoxy) is 1. The van der Waals surface area contributed by atoms with Crippen molar-refractivity contribution in [3.8, 4) is 11.4 Å². The first-order chi connectivity index (χ1) is 13.8. The molecular formula is C20H19F3N4O2. The highest BCUT2D eigenvalue weighted by molar-refractivity contribution is 5.34. The van der Waals surface area contributed by atoms with E-state index in [9.17, 15) is 18.0 Å². The molecular weight excluding hydrogens is 385 g/mol. The Morgan fingerprint density at radius 1 is 1.03 bits per heavy atom. The van der Waals surface area contributed by atoms with E-state index in [4.69, 9.17) is 4.74 Å². The highest BCUT2D eigenvalue weighted by Crippen LogP contribution is 2.29. The zero-order valence-electron chi connectivity index (χ0n) is 15.7. The Bertz CT molecular complexity index is 1050. The van der Waals surface area contributed by atoms with Crippen molar-refractivity contribution in [2.45, 2.75) is 25.8 Å². The summed E-state index contributed by atoms with van der Waals surface area (Å²) in [6.07, 6.45) is -4.42. The van der Waals surface area contributed by atoms with Crippen molar-refractivity contribution in [1.29, 1.82) is 0 Å². The summed E-state index contributed by atoms with van der Waals surface area (Å²) in [6, 6.07) is 12.2. The average molecular weight is 404 g/mol. The maximum Gasteiger partial charge on any atom is 0.416 e. The van der Waals surface area contributed by atoms with E-state index < -0.39 is 11.7 Å². The average Bonchev–Trinajstić information content (AvgIpc) is 3.04. The summed E-state index contributed by atoms with van der Waals surface area (Å²) >= 11 is 0. The quantitative estimate of drug-likeness (QED) is 0.671. The van der Waals surface area contributed by atoms with Gasteiger partial charge >= 0.3 is 11.9 Å². The minimum Gasteiger partial charge on any atom is -0.497 e. The van der Waals surface area contributed by atoms with Crippen molar-refractivity contribution in [3.05, 3.63) is 76.0 Å². The normalized spacial score (nSPS) is 14.6. The largest absolute Gasteiger partial charge is 0.497 e. The van der Waals surface area contributed by atoms with E-state index in [0.717, 1.165) is 28.1 Å². The van der Waals surface area contributed by atoms with Crippen LogP contribution < -0.4 is 10.4 Å². The van der Waals surface area contributed by atoms with Crippen molar-refractivity contribution < 1.29 is 17.9 Å². The second-order valence-electron chi connectivity index (χ2n) is 6.87. The van der Waals surface area contributed by atoms with Gasteiger partial charge in [0.15, 0.2) is 0 Å². The number of alkyl halides is 3. The highest BCUT2D eigenvalue weighted by atomic mass is 19.4. The lowest BCUT2D eigenvalue weighted by Gasteiger charge is -2.26. The third-order valence-corrected chi connectivity index (χ3v) is 4.95. The van der Waals surface area contributed by atoms with Gasteiger partial charge in [-0.25, -0.2) is 4.79 Å². The second kappa shape index (κ2) is 7.40. The zero-order chi connectivity index (χ0) is 20.6. The molecule has 9 heteroatoms. The number of benzene rings is 2. The Kier molecular flexibility index (Phi) is 4.91. The van der Waals surface area contributed by atoms with Gasteiger partial charge in [0.05, 0.1) is 24.9 Å².